The van der Waals surface area contributed by atoms with Crippen LogP contribution in [0.4, 0.5) is 0 Å². The second-order valence-electron chi connectivity index (χ2n) is 2.95. The van der Waals surface area contributed by atoms with E-state index in [-0.39, 0.29) is 6.42 Å². The van der Waals surface area contributed by atoms with Gasteiger partial charge in [0.25, 0.3) is 0 Å². The van der Waals surface area contributed by atoms with Crippen molar-refractivity contribution in [2.45, 2.75) is 31.9 Å². The number of aliphatic carboxylic acids is 1. The molecule has 0 aliphatic rings. The van der Waals surface area contributed by atoms with Crippen LogP contribution < -0.4 is 5.32 Å². The van der Waals surface area contributed by atoms with E-state index in [1.807, 2.05) is 0 Å². The Hall–Kier alpha value is -1.36. The van der Waals surface area contributed by atoms with Gasteiger partial charge in [-0.3, -0.25) is 4.79 Å². The zero-order chi connectivity index (χ0) is 11.1. The van der Waals surface area contributed by atoms with Gasteiger partial charge in [0.1, 0.15) is 0 Å². The van der Waals surface area contributed by atoms with Crippen molar-refractivity contribution in [3.05, 3.63) is 12.7 Å². The summed E-state index contributed by atoms with van der Waals surface area (Å²) >= 11 is 0. The third kappa shape index (κ3) is 4.61. The first-order chi connectivity index (χ1) is 6.49. The summed E-state index contributed by atoms with van der Waals surface area (Å²) in [6, 6.07) is -1.24. The Morgan fingerprint density at radius 3 is 2.50 bits per heavy atom. The lowest BCUT2D eigenvalue weighted by Crippen LogP contribution is -2.47. The van der Waals surface area contributed by atoms with E-state index in [0.29, 0.717) is 6.42 Å². The van der Waals surface area contributed by atoms with Crippen LogP contribution in [0.5, 0.6) is 0 Å². The van der Waals surface area contributed by atoms with E-state index in [1.54, 1.807) is 6.08 Å². The van der Waals surface area contributed by atoms with Crippen LogP contribution in [0.15, 0.2) is 12.7 Å². The zero-order valence-electron chi connectivity index (χ0n) is 8.06. The van der Waals surface area contributed by atoms with Crippen molar-refractivity contribution in [3.8, 4) is 0 Å². The third-order valence-electron chi connectivity index (χ3n) is 1.64. The number of aliphatic hydroxyl groups is 1. The zero-order valence-corrected chi connectivity index (χ0v) is 8.06. The first-order valence-electron chi connectivity index (χ1n) is 4.30. The number of carboxylic acids is 1. The van der Waals surface area contributed by atoms with Crippen LogP contribution in [0.2, 0.25) is 0 Å². The SMILES string of the molecule is C=CCCC(=O)N[C@H](C(=O)O)[C@@H](C)O. The number of amides is 1. The van der Waals surface area contributed by atoms with E-state index in [4.69, 9.17) is 10.2 Å². The number of hydrogen-bond acceptors (Lipinski definition) is 3. The Balaban J connectivity index is 4.09. The Labute approximate surface area is 82.4 Å². The van der Waals surface area contributed by atoms with Gasteiger partial charge in [-0.15, -0.1) is 6.58 Å². The molecular weight excluding hydrogens is 186 g/mol. The molecule has 0 bridgehead atoms. The van der Waals surface area contributed by atoms with Gasteiger partial charge in [-0.2, -0.15) is 0 Å². The molecule has 5 heteroatoms. The highest BCUT2D eigenvalue weighted by molar-refractivity contribution is 5.83. The minimum atomic E-state index is -1.24. The largest absolute Gasteiger partial charge is 0.480 e. The van der Waals surface area contributed by atoms with Gasteiger partial charge in [0.2, 0.25) is 5.91 Å². The van der Waals surface area contributed by atoms with Gasteiger partial charge in [-0.05, 0) is 13.3 Å². The average Bonchev–Trinajstić information content (AvgIpc) is 2.09. The van der Waals surface area contributed by atoms with Crippen molar-refractivity contribution >= 4 is 11.9 Å². The molecule has 0 aromatic carbocycles. The molecule has 0 aromatic rings. The molecule has 0 radical (unpaired) electrons. The number of carbonyl (C=O) groups excluding carboxylic acids is 1. The highest BCUT2D eigenvalue weighted by atomic mass is 16.4. The Bertz CT molecular complexity index is 225. The highest BCUT2D eigenvalue weighted by Crippen LogP contribution is 1.96. The molecule has 0 unspecified atom stereocenters. The van der Waals surface area contributed by atoms with Gasteiger partial charge in [0.15, 0.2) is 6.04 Å². The molecule has 0 aromatic heterocycles. The van der Waals surface area contributed by atoms with E-state index in [1.165, 1.54) is 6.92 Å². The molecule has 1 amide bonds. The van der Waals surface area contributed by atoms with Gasteiger partial charge in [0, 0.05) is 6.42 Å². The molecule has 0 aliphatic heterocycles. The van der Waals surface area contributed by atoms with Crippen molar-refractivity contribution in [1.82, 2.24) is 5.32 Å². The lowest BCUT2D eigenvalue weighted by molar-refractivity contribution is -0.144. The average molecular weight is 201 g/mol. The summed E-state index contributed by atoms with van der Waals surface area (Å²) in [6.45, 7) is 4.75. The number of allylic oxidation sites excluding steroid dienone is 1. The molecule has 80 valence electrons. The molecule has 14 heavy (non-hydrogen) atoms. The third-order valence-corrected chi connectivity index (χ3v) is 1.64. The fourth-order valence-electron chi connectivity index (χ4n) is 0.867. The van der Waals surface area contributed by atoms with E-state index < -0.39 is 24.0 Å². The molecule has 0 saturated heterocycles. The van der Waals surface area contributed by atoms with E-state index in [2.05, 4.69) is 11.9 Å². The second kappa shape index (κ2) is 6.15. The minimum absolute atomic E-state index is 0.181. The summed E-state index contributed by atoms with van der Waals surface area (Å²) in [5, 5.41) is 19.9. The van der Waals surface area contributed by atoms with Gasteiger partial charge >= 0.3 is 5.97 Å². The molecule has 2 atom stereocenters. The molecular formula is C9H15NO4. The summed E-state index contributed by atoms with van der Waals surface area (Å²) in [7, 11) is 0. The monoisotopic (exact) mass is 201 g/mol. The number of nitrogens with one attached hydrogen (secondary N) is 1. The Morgan fingerprint density at radius 1 is 1.57 bits per heavy atom. The van der Waals surface area contributed by atoms with Crippen LogP contribution in [0.1, 0.15) is 19.8 Å². The van der Waals surface area contributed by atoms with Crippen LogP contribution in [0.25, 0.3) is 0 Å². The molecule has 0 aliphatic carbocycles. The molecule has 0 heterocycles. The van der Waals surface area contributed by atoms with Gasteiger partial charge in [-0.25, -0.2) is 4.79 Å². The second-order valence-corrected chi connectivity index (χ2v) is 2.95. The van der Waals surface area contributed by atoms with Crippen LogP contribution in [0, 0.1) is 0 Å². The number of carboxylic acid groups (broad SMARTS) is 1. The number of aliphatic hydroxyl groups excluding tert-OH is 1. The predicted molar refractivity (Wildman–Crippen MR) is 50.7 cm³/mol. The van der Waals surface area contributed by atoms with Crippen molar-refractivity contribution in [2.24, 2.45) is 0 Å². The number of carbonyl (C=O) groups is 2. The first-order valence-corrected chi connectivity index (χ1v) is 4.30. The summed E-state index contributed by atoms with van der Waals surface area (Å²) in [5.74, 6) is -1.65. The topological polar surface area (TPSA) is 86.6 Å². The van der Waals surface area contributed by atoms with Crippen molar-refractivity contribution in [2.75, 3.05) is 0 Å². The summed E-state index contributed by atoms with van der Waals surface area (Å²) in [4.78, 5) is 21.6. The lowest BCUT2D eigenvalue weighted by Gasteiger charge is -2.16. The standard InChI is InChI=1S/C9H15NO4/c1-3-4-5-7(12)10-8(6(2)11)9(13)14/h3,6,8,11H,1,4-5H2,2H3,(H,10,12)(H,13,14)/t6-,8+/m1/s1. The van der Waals surface area contributed by atoms with Crippen LogP contribution in [0.3, 0.4) is 0 Å². The molecule has 0 rings (SSSR count). The lowest BCUT2D eigenvalue weighted by atomic mass is 10.1. The normalized spacial score (nSPS) is 14.1. The summed E-state index contributed by atoms with van der Waals surface area (Å²) in [6.07, 6.45) is 1.12. The quantitative estimate of drug-likeness (QED) is 0.524. The predicted octanol–water partition coefficient (Wildman–Crippen LogP) is -0.0972. The van der Waals surface area contributed by atoms with Crippen molar-refractivity contribution < 1.29 is 19.8 Å². The van der Waals surface area contributed by atoms with Crippen LogP contribution in [-0.2, 0) is 9.59 Å². The minimum Gasteiger partial charge on any atom is -0.480 e. The van der Waals surface area contributed by atoms with Gasteiger partial charge < -0.3 is 15.5 Å². The van der Waals surface area contributed by atoms with E-state index in [0.717, 1.165) is 0 Å². The van der Waals surface area contributed by atoms with Gasteiger partial charge in [0.05, 0.1) is 6.10 Å². The maximum absolute atomic E-state index is 11.1. The molecule has 0 saturated carbocycles. The molecule has 0 spiro atoms. The van der Waals surface area contributed by atoms with Crippen LogP contribution in [-0.4, -0.2) is 34.2 Å². The fraction of sp³-hybridized carbons (Fsp3) is 0.556. The molecule has 3 N–H and O–H groups in total. The Morgan fingerprint density at radius 2 is 2.14 bits per heavy atom. The first kappa shape index (κ1) is 12.6. The number of hydrogen-bond donors (Lipinski definition) is 3. The summed E-state index contributed by atoms with van der Waals surface area (Å²) < 4.78 is 0. The molecule has 5 nitrogen and oxygen atoms in total. The Kier molecular flexibility index (Phi) is 5.55. The maximum atomic E-state index is 11.1. The highest BCUT2D eigenvalue weighted by Gasteiger charge is 2.24. The maximum Gasteiger partial charge on any atom is 0.328 e. The smallest absolute Gasteiger partial charge is 0.328 e. The van der Waals surface area contributed by atoms with E-state index in [9.17, 15) is 9.59 Å². The number of rotatable bonds is 6. The van der Waals surface area contributed by atoms with Crippen molar-refractivity contribution in [1.29, 1.82) is 0 Å². The summed E-state index contributed by atoms with van der Waals surface area (Å²) in [5.41, 5.74) is 0. The fourth-order valence-corrected chi connectivity index (χ4v) is 0.867. The van der Waals surface area contributed by atoms with E-state index >= 15 is 0 Å². The molecule has 0 fully saturated rings. The van der Waals surface area contributed by atoms with Crippen molar-refractivity contribution in [3.63, 3.8) is 0 Å². The van der Waals surface area contributed by atoms with Crippen LogP contribution >= 0.6 is 0 Å². The van der Waals surface area contributed by atoms with Gasteiger partial charge in [-0.1, -0.05) is 6.08 Å².